The molecule has 31 heavy (non-hydrogen) atoms. The summed E-state index contributed by atoms with van der Waals surface area (Å²) in [6, 6.07) is 13.4. The van der Waals surface area contributed by atoms with Crippen molar-refractivity contribution in [2.75, 3.05) is 26.8 Å². The molecule has 1 aliphatic heterocycles. The van der Waals surface area contributed by atoms with Crippen LogP contribution in [-0.2, 0) is 4.74 Å². The molecular weight excluding hydrogens is 388 g/mol. The summed E-state index contributed by atoms with van der Waals surface area (Å²) >= 11 is 0. The van der Waals surface area contributed by atoms with Gasteiger partial charge in [0.05, 0.1) is 24.0 Å². The van der Waals surface area contributed by atoms with E-state index < -0.39 is 0 Å². The maximum absolute atomic E-state index is 13.2. The standard InChI is InChI=1S/C25H28N4O2/c1-15-9-16(2)22(10-21(15)24(28)17(3)23(27)14-31-4)25(30)29-12-20(13-29)19-7-5-18(11-26)6-8-19/h5-10,20,28H,12-14,27H2,1-4H3. The van der Waals surface area contributed by atoms with Crippen molar-refractivity contribution in [3.05, 3.63) is 81.0 Å². The van der Waals surface area contributed by atoms with Crippen molar-refractivity contribution in [3.63, 3.8) is 0 Å². The average molecular weight is 417 g/mol. The quantitative estimate of drug-likeness (QED) is 0.701. The summed E-state index contributed by atoms with van der Waals surface area (Å²) in [5, 5.41) is 17.5. The van der Waals surface area contributed by atoms with Crippen LogP contribution in [0.15, 0.2) is 47.7 Å². The number of nitrogens with one attached hydrogen (secondary N) is 1. The molecule has 0 aliphatic carbocycles. The molecular formula is C25H28N4O2. The number of allylic oxidation sites excluding steroid dienone is 1. The Labute approximate surface area is 183 Å². The van der Waals surface area contributed by atoms with E-state index in [-0.39, 0.29) is 18.4 Å². The summed E-state index contributed by atoms with van der Waals surface area (Å²) in [7, 11) is 1.57. The number of rotatable bonds is 6. The number of benzene rings is 2. The third-order valence-electron chi connectivity index (χ3n) is 5.91. The SMILES string of the molecule is COCC(N)=C(C)C(=N)c1cc(C(=O)N2CC(c3ccc(C#N)cc3)C2)c(C)cc1C. The number of likely N-dealkylation sites (tertiary alicyclic amines) is 1. The van der Waals surface area contributed by atoms with Gasteiger partial charge in [-0.2, -0.15) is 5.26 Å². The summed E-state index contributed by atoms with van der Waals surface area (Å²) in [4.78, 5) is 15.0. The fourth-order valence-corrected chi connectivity index (χ4v) is 3.83. The zero-order chi connectivity index (χ0) is 22.7. The zero-order valence-corrected chi connectivity index (χ0v) is 18.5. The van der Waals surface area contributed by atoms with Crippen molar-refractivity contribution in [2.45, 2.75) is 26.7 Å². The lowest BCUT2D eigenvalue weighted by Gasteiger charge is -2.40. The Morgan fingerprint density at radius 2 is 1.81 bits per heavy atom. The molecule has 6 heteroatoms. The molecule has 0 bridgehead atoms. The van der Waals surface area contributed by atoms with E-state index in [1.807, 2.05) is 55.1 Å². The van der Waals surface area contributed by atoms with Crippen molar-refractivity contribution in [1.29, 1.82) is 10.7 Å². The van der Waals surface area contributed by atoms with Crippen LogP contribution in [-0.4, -0.2) is 43.3 Å². The molecule has 0 saturated carbocycles. The van der Waals surface area contributed by atoms with Gasteiger partial charge in [0.2, 0.25) is 0 Å². The molecule has 0 spiro atoms. The fourth-order valence-electron chi connectivity index (χ4n) is 3.83. The summed E-state index contributed by atoms with van der Waals surface area (Å²) in [5.41, 5.74) is 12.4. The Morgan fingerprint density at radius 3 is 2.39 bits per heavy atom. The lowest BCUT2D eigenvalue weighted by molar-refractivity contribution is 0.0601. The maximum atomic E-state index is 13.2. The molecule has 2 aromatic rings. The second kappa shape index (κ2) is 9.15. The summed E-state index contributed by atoms with van der Waals surface area (Å²) in [6.45, 7) is 7.21. The number of nitriles is 1. The summed E-state index contributed by atoms with van der Waals surface area (Å²) in [6.07, 6.45) is 0. The third kappa shape index (κ3) is 4.52. The molecule has 1 amide bonds. The molecule has 0 radical (unpaired) electrons. The van der Waals surface area contributed by atoms with E-state index in [1.54, 1.807) is 14.0 Å². The predicted octanol–water partition coefficient (Wildman–Crippen LogP) is 3.66. The van der Waals surface area contributed by atoms with Crippen LogP contribution >= 0.6 is 0 Å². The first-order valence-corrected chi connectivity index (χ1v) is 10.2. The monoisotopic (exact) mass is 416 g/mol. The second-order valence-electron chi connectivity index (χ2n) is 8.08. The number of nitrogens with zero attached hydrogens (tertiary/aromatic N) is 2. The zero-order valence-electron chi connectivity index (χ0n) is 18.5. The van der Waals surface area contributed by atoms with E-state index in [0.717, 1.165) is 16.7 Å². The second-order valence-corrected chi connectivity index (χ2v) is 8.08. The van der Waals surface area contributed by atoms with Gasteiger partial charge in [0.25, 0.3) is 5.91 Å². The largest absolute Gasteiger partial charge is 0.400 e. The van der Waals surface area contributed by atoms with Crippen LogP contribution in [0.1, 0.15) is 51.0 Å². The van der Waals surface area contributed by atoms with Crippen LogP contribution in [0.2, 0.25) is 0 Å². The average Bonchev–Trinajstić information content (AvgIpc) is 2.72. The van der Waals surface area contributed by atoms with Crippen molar-refractivity contribution in [1.82, 2.24) is 4.90 Å². The smallest absolute Gasteiger partial charge is 0.254 e. The Kier molecular flexibility index (Phi) is 6.57. The number of hydrogen-bond donors (Lipinski definition) is 2. The van der Waals surface area contributed by atoms with Gasteiger partial charge < -0.3 is 15.4 Å². The van der Waals surface area contributed by atoms with Gasteiger partial charge in [-0.15, -0.1) is 0 Å². The van der Waals surface area contributed by atoms with E-state index in [9.17, 15) is 4.79 Å². The Bertz CT molecular complexity index is 1090. The molecule has 1 saturated heterocycles. The minimum absolute atomic E-state index is 0.0251. The van der Waals surface area contributed by atoms with Gasteiger partial charge in [-0.25, -0.2) is 0 Å². The molecule has 0 aromatic heterocycles. The first kappa shape index (κ1) is 22.3. The number of hydrogen-bond acceptors (Lipinski definition) is 5. The van der Waals surface area contributed by atoms with Crippen LogP contribution in [0.25, 0.3) is 0 Å². The van der Waals surface area contributed by atoms with Gasteiger partial charge >= 0.3 is 0 Å². The molecule has 3 rings (SSSR count). The van der Waals surface area contributed by atoms with Gasteiger partial charge in [0.1, 0.15) is 0 Å². The van der Waals surface area contributed by atoms with E-state index in [1.165, 1.54) is 0 Å². The summed E-state index contributed by atoms with van der Waals surface area (Å²) in [5.74, 6) is 0.252. The minimum Gasteiger partial charge on any atom is -0.400 e. The van der Waals surface area contributed by atoms with Crippen LogP contribution < -0.4 is 5.73 Å². The summed E-state index contributed by atoms with van der Waals surface area (Å²) < 4.78 is 5.08. The van der Waals surface area contributed by atoms with Crippen molar-refractivity contribution in [3.8, 4) is 6.07 Å². The molecule has 6 nitrogen and oxygen atoms in total. The van der Waals surface area contributed by atoms with Gasteiger partial charge in [0, 0.05) is 42.9 Å². The highest BCUT2D eigenvalue weighted by Gasteiger charge is 2.33. The van der Waals surface area contributed by atoms with E-state index >= 15 is 0 Å². The van der Waals surface area contributed by atoms with Crippen LogP contribution in [0, 0.1) is 30.6 Å². The Hall–Kier alpha value is -3.43. The molecule has 2 aromatic carbocycles. The predicted molar refractivity (Wildman–Crippen MR) is 121 cm³/mol. The molecule has 0 atom stereocenters. The number of ether oxygens (including phenoxy) is 1. The first-order chi connectivity index (χ1) is 14.8. The van der Waals surface area contributed by atoms with Crippen LogP contribution in [0.3, 0.4) is 0 Å². The van der Waals surface area contributed by atoms with Crippen LogP contribution in [0.4, 0.5) is 0 Å². The maximum Gasteiger partial charge on any atom is 0.254 e. The highest BCUT2D eigenvalue weighted by atomic mass is 16.5. The van der Waals surface area contributed by atoms with Gasteiger partial charge in [-0.05, 0) is 61.2 Å². The van der Waals surface area contributed by atoms with E-state index in [4.69, 9.17) is 21.1 Å². The Morgan fingerprint density at radius 1 is 1.19 bits per heavy atom. The van der Waals surface area contributed by atoms with E-state index in [2.05, 4.69) is 6.07 Å². The number of methoxy groups -OCH3 is 1. The van der Waals surface area contributed by atoms with Crippen molar-refractivity contribution in [2.24, 2.45) is 5.73 Å². The first-order valence-electron chi connectivity index (χ1n) is 10.2. The van der Waals surface area contributed by atoms with Gasteiger partial charge in [-0.1, -0.05) is 18.2 Å². The lowest BCUT2D eigenvalue weighted by Crippen LogP contribution is -2.48. The number of amides is 1. The fraction of sp³-hybridized carbons (Fsp3) is 0.320. The van der Waals surface area contributed by atoms with Gasteiger partial charge in [-0.3, -0.25) is 10.2 Å². The normalized spacial score (nSPS) is 14.5. The Balaban J connectivity index is 1.79. The highest BCUT2D eigenvalue weighted by molar-refractivity contribution is 6.12. The molecule has 0 unspecified atom stereocenters. The van der Waals surface area contributed by atoms with Crippen molar-refractivity contribution >= 4 is 11.6 Å². The molecule has 1 heterocycles. The number of aryl methyl sites for hydroxylation is 2. The number of nitrogens with two attached hydrogens (primary N) is 1. The van der Waals surface area contributed by atoms with E-state index in [0.29, 0.717) is 46.8 Å². The molecule has 160 valence electrons. The van der Waals surface area contributed by atoms with Crippen LogP contribution in [0.5, 0.6) is 0 Å². The van der Waals surface area contributed by atoms with Gasteiger partial charge in [0.15, 0.2) is 0 Å². The highest BCUT2D eigenvalue weighted by Crippen LogP contribution is 2.30. The molecule has 3 N–H and O–H groups in total. The molecule has 1 fully saturated rings. The molecule has 1 aliphatic rings. The number of carbonyl (C=O) groups excluding carboxylic acids is 1. The third-order valence-corrected chi connectivity index (χ3v) is 5.91. The van der Waals surface area contributed by atoms with Crippen molar-refractivity contribution < 1.29 is 9.53 Å². The topological polar surface area (TPSA) is 103 Å². The lowest BCUT2D eigenvalue weighted by atomic mass is 9.89. The minimum atomic E-state index is -0.0251. The number of carbonyl (C=O) groups is 1.